The van der Waals surface area contributed by atoms with Crippen molar-refractivity contribution in [3.05, 3.63) is 83.7 Å². The van der Waals surface area contributed by atoms with Gasteiger partial charge in [0.2, 0.25) is 0 Å². The number of rotatable bonds is 10. The van der Waals surface area contributed by atoms with Gasteiger partial charge in [-0.15, -0.1) is 0 Å². The maximum atomic E-state index is 5.86. The molecule has 1 aromatic heterocycles. The Labute approximate surface area is 189 Å². The molecule has 0 spiro atoms. The first kappa shape index (κ1) is 22.9. The van der Waals surface area contributed by atoms with E-state index in [1.165, 1.54) is 0 Å². The van der Waals surface area contributed by atoms with Gasteiger partial charge in [-0.05, 0) is 53.9 Å². The van der Waals surface area contributed by atoms with Crippen LogP contribution in [-0.2, 0) is 19.6 Å². The number of hydrogen-bond acceptors (Lipinski definition) is 5. The van der Waals surface area contributed by atoms with Crippen LogP contribution in [0.2, 0.25) is 0 Å². The van der Waals surface area contributed by atoms with E-state index in [0.717, 1.165) is 53.0 Å². The SMILES string of the molecule is CN=C(NCCc1ccc(OC)c(OC)c1)NCc1cccc(OCc2ccccn2)c1. The standard InChI is InChI=1S/C25H30N4O3/c1-26-25(28-14-12-19-10-11-23(30-2)24(16-19)31-3)29-17-20-7-6-9-22(15-20)32-18-21-8-4-5-13-27-21/h4-11,13,15-16H,12,14,17-18H2,1-3H3,(H2,26,28,29). The number of aliphatic imine (C=N–C) groups is 1. The van der Waals surface area contributed by atoms with E-state index in [4.69, 9.17) is 14.2 Å². The topological polar surface area (TPSA) is 77.0 Å². The largest absolute Gasteiger partial charge is 0.493 e. The van der Waals surface area contributed by atoms with Gasteiger partial charge in [-0.3, -0.25) is 9.98 Å². The van der Waals surface area contributed by atoms with Crippen molar-refractivity contribution in [2.45, 2.75) is 19.6 Å². The molecule has 0 aliphatic heterocycles. The van der Waals surface area contributed by atoms with E-state index in [2.05, 4.69) is 26.7 Å². The molecule has 3 rings (SSSR count). The van der Waals surface area contributed by atoms with Crippen LogP contribution in [0, 0.1) is 0 Å². The van der Waals surface area contributed by atoms with Crippen molar-refractivity contribution in [2.24, 2.45) is 4.99 Å². The van der Waals surface area contributed by atoms with Gasteiger partial charge in [-0.25, -0.2) is 0 Å². The van der Waals surface area contributed by atoms with Crippen LogP contribution < -0.4 is 24.8 Å². The average molecular weight is 435 g/mol. The molecule has 0 bridgehead atoms. The minimum Gasteiger partial charge on any atom is -0.493 e. The number of guanidine groups is 1. The van der Waals surface area contributed by atoms with Gasteiger partial charge in [0.05, 0.1) is 19.9 Å². The fraction of sp³-hybridized carbons (Fsp3) is 0.280. The van der Waals surface area contributed by atoms with Gasteiger partial charge < -0.3 is 24.8 Å². The molecular formula is C25H30N4O3. The van der Waals surface area contributed by atoms with E-state index in [9.17, 15) is 0 Å². The summed E-state index contributed by atoms with van der Waals surface area (Å²) in [5.41, 5.74) is 3.16. The van der Waals surface area contributed by atoms with Crippen LogP contribution >= 0.6 is 0 Å². The monoisotopic (exact) mass is 434 g/mol. The quantitative estimate of drug-likeness (QED) is 0.375. The summed E-state index contributed by atoms with van der Waals surface area (Å²) in [7, 11) is 5.04. The van der Waals surface area contributed by atoms with E-state index < -0.39 is 0 Å². The van der Waals surface area contributed by atoms with Crippen LogP contribution in [0.15, 0.2) is 71.9 Å². The van der Waals surface area contributed by atoms with Crippen LogP contribution in [0.1, 0.15) is 16.8 Å². The van der Waals surface area contributed by atoms with Crippen molar-refractivity contribution < 1.29 is 14.2 Å². The summed E-state index contributed by atoms with van der Waals surface area (Å²) in [6.45, 7) is 1.82. The number of nitrogens with zero attached hydrogens (tertiary/aromatic N) is 2. The Kier molecular flexibility index (Phi) is 8.74. The highest BCUT2D eigenvalue weighted by atomic mass is 16.5. The van der Waals surface area contributed by atoms with Crippen molar-refractivity contribution in [3.8, 4) is 17.2 Å². The molecule has 0 saturated heterocycles. The van der Waals surface area contributed by atoms with Crippen molar-refractivity contribution in [3.63, 3.8) is 0 Å². The molecule has 0 aliphatic rings. The molecule has 0 unspecified atom stereocenters. The number of nitrogens with one attached hydrogen (secondary N) is 2. The first-order valence-electron chi connectivity index (χ1n) is 10.5. The minimum atomic E-state index is 0.442. The zero-order chi connectivity index (χ0) is 22.6. The number of hydrogen-bond donors (Lipinski definition) is 2. The fourth-order valence-corrected chi connectivity index (χ4v) is 3.15. The van der Waals surface area contributed by atoms with Crippen molar-refractivity contribution in [2.75, 3.05) is 27.8 Å². The highest BCUT2D eigenvalue weighted by Crippen LogP contribution is 2.27. The zero-order valence-electron chi connectivity index (χ0n) is 18.8. The Morgan fingerprint density at radius 3 is 2.53 bits per heavy atom. The summed E-state index contributed by atoms with van der Waals surface area (Å²) in [5, 5.41) is 6.68. The number of aromatic nitrogens is 1. The fourth-order valence-electron chi connectivity index (χ4n) is 3.15. The normalized spacial score (nSPS) is 11.0. The van der Waals surface area contributed by atoms with E-state index in [1.807, 2.05) is 54.6 Å². The van der Waals surface area contributed by atoms with Gasteiger partial charge >= 0.3 is 0 Å². The molecule has 1 heterocycles. The number of benzene rings is 2. The Morgan fingerprint density at radius 1 is 0.906 bits per heavy atom. The van der Waals surface area contributed by atoms with Crippen molar-refractivity contribution in [1.29, 1.82) is 0 Å². The molecule has 32 heavy (non-hydrogen) atoms. The maximum Gasteiger partial charge on any atom is 0.191 e. The number of ether oxygens (including phenoxy) is 3. The molecule has 2 N–H and O–H groups in total. The van der Waals surface area contributed by atoms with Gasteiger partial charge in [0.15, 0.2) is 17.5 Å². The molecule has 0 radical (unpaired) electrons. The summed E-state index contributed by atoms with van der Waals surface area (Å²) in [6, 6.07) is 19.8. The highest BCUT2D eigenvalue weighted by molar-refractivity contribution is 5.79. The number of pyridine rings is 1. The molecule has 0 aliphatic carbocycles. The molecule has 0 fully saturated rings. The maximum absolute atomic E-state index is 5.86. The summed E-state index contributed by atoms with van der Waals surface area (Å²) in [6.07, 6.45) is 2.60. The third kappa shape index (κ3) is 6.91. The Hall–Kier alpha value is -3.74. The second-order valence-electron chi connectivity index (χ2n) is 7.05. The molecule has 2 aromatic carbocycles. The van der Waals surface area contributed by atoms with Gasteiger partial charge in [0.25, 0.3) is 0 Å². The smallest absolute Gasteiger partial charge is 0.191 e. The van der Waals surface area contributed by atoms with Crippen molar-refractivity contribution in [1.82, 2.24) is 15.6 Å². The Balaban J connectivity index is 1.46. The van der Waals surface area contributed by atoms with Crippen LogP contribution in [0.3, 0.4) is 0 Å². The van der Waals surface area contributed by atoms with E-state index in [0.29, 0.717) is 13.2 Å². The predicted octanol–water partition coefficient (Wildman–Crippen LogP) is 3.59. The van der Waals surface area contributed by atoms with E-state index in [-0.39, 0.29) is 0 Å². The first-order chi connectivity index (χ1) is 15.7. The molecular weight excluding hydrogens is 404 g/mol. The molecule has 0 amide bonds. The summed E-state index contributed by atoms with van der Waals surface area (Å²) < 4.78 is 16.5. The Bertz CT molecular complexity index is 1010. The first-order valence-corrected chi connectivity index (χ1v) is 10.5. The van der Waals surface area contributed by atoms with Crippen LogP contribution in [0.25, 0.3) is 0 Å². The molecule has 7 heteroatoms. The molecule has 0 saturated carbocycles. The summed E-state index contributed by atoms with van der Waals surface area (Å²) in [5.74, 6) is 3.02. The van der Waals surface area contributed by atoms with Gasteiger partial charge in [0.1, 0.15) is 12.4 Å². The lowest BCUT2D eigenvalue weighted by Crippen LogP contribution is -2.37. The lowest BCUT2D eigenvalue weighted by Gasteiger charge is -2.13. The third-order valence-corrected chi connectivity index (χ3v) is 4.85. The van der Waals surface area contributed by atoms with E-state index in [1.54, 1.807) is 27.5 Å². The summed E-state index contributed by atoms with van der Waals surface area (Å²) in [4.78, 5) is 8.58. The van der Waals surface area contributed by atoms with Crippen LogP contribution in [0.5, 0.6) is 17.2 Å². The number of methoxy groups -OCH3 is 2. The van der Waals surface area contributed by atoms with Gasteiger partial charge in [-0.1, -0.05) is 24.3 Å². The lowest BCUT2D eigenvalue weighted by atomic mass is 10.1. The predicted molar refractivity (Wildman–Crippen MR) is 126 cm³/mol. The average Bonchev–Trinajstić information content (AvgIpc) is 2.85. The molecule has 168 valence electrons. The lowest BCUT2D eigenvalue weighted by molar-refractivity contribution is 0.301. The Morgan fingerprint density at radius 2 is 1.78 bits per heavy atom. The highest BCUT2D eigenvalue weighted by Gasteiger charge is 2.05. The van der Waals surface area contributed by atoms with Crippen molar-refractivity contribution >= 4 is 5.96 Å². The molecule has 7 nitrogen and oxygen atoms in total. The van der Waals surface area contributed by atoms with Gasteiger partial charge in [0, 0.05) is 26.3 Å². The van der Waals surface area contributed by atoms with Gasteiger partial charge in [-0.2, -0.15) is 0 Å². The molecule has 0 atom stereocenters. The third-order valence-electron chi connectivity index (χ3n) is 4.85. The van der Waals surface area contributed by atoms with Crippen LogP contribution in [-0.4, -0.2) is 38.8 Å². The van der Waals surface area contributed by atoms with E-state index >= 15 is 0 Å². The van der Waals surface area contributed by atoms with Crippen LogP contribution in [0.4, 0.5) is 0 Å². The summed E-state index contributed by atoms with van der Waals surface area (Å²) >= 11 is 0. The second-order valence-corrected chi connectivity index (χ2v) is 7.05. The zero-order valence-corrected chi connectivity index (χ0v) is 18.8. The minimum absolute atomic E-state index is 0.442. The molecule has 3 aromatic rings. The second kappa shape index (κ2) is 12.2.